The number of allylic oxidation sites excluding steroid dienone is 8. The molecule has 0 saturated heterocycles. The summed E-state index contributed by atoms with van der Waals surface area (Å²) < 4.78 is 26.8. The molecule has 302 valence electrons. The zero-order valence-electron chi connectivity index (χ0n) is 33.0. The van der Waals surface area contributed by atoms with Crippen molar-refractivity contribution in [3.05, 3.63) is 48.6 Å². The zero-order chi connectivity index (χ0) is 38.2. The normalized spacial score (nSPS) is 13.8. The lowest BCUT2D eigenvalue weighted by Crippen LogP contribution is -2.27. The summed E-state index contributed by atoms with van der Waals surface area (Å²) >= 11 is 0. The number of carbonyl (C=O) groups excluding carboxylic acids is 2. The maximum atomic E-state index is 12.1. The van der Waals surface area contributed by atoms with Gasteiger partial charge in [0.1, 0.15) is 12.7 Å². The Labute approximate surface area is 317 Å². The Kier molecular flexibility index (Phi) is 37.2. The molecule has 0 heterocycles. The molecule has 0 saturated carbocycles. The lowest BCUT2D eigenvalue weighted by atomic mass is 10.1. The second-order valence-electron chi connectivity index (χ2n) is 13.6. The van der Waals surface area contributed by atoms with Crippen LogP contribution in [0.4, 0.5) is 0 Å². The van der Waals surface area contributed by atoms with Gasteiger partial charge in [0.15, 0.2) is 0 Å². The number of hydrogen-bond donors (Lipinski definition) is 3. The smallest absolute Gasteiger partial charge is 0.463 e. The maximum Gasteiger partial charge on any atom is 0.472 e. The van der Waals surface area contributed by atoms with Crippen LogP contribution < -0.4 is 5.32 Å². The van der Waals surface area contributed by atoms with E-state index in [0.29, 0.717) is 6.42 Å². The van der Waals surface area contributed by atoms with E-state index in [-0.39, 0.29) is 32.1 Å². The fourth-order valence-corrected chi connectivity index (χ4v) is 6.15. The molecule has 3 N–H and O–H groups in total. The summed E-state index contributed by atoms with van der Waals surface area (Å²) in [6.45, 7) is 3.40. The van der Waals surface area contributed by atoms with Crippen LogP contribution in [0.3, 0.4) is 0 Å². The average Bonchev–Trinajstić information content (AvgIpc) is 3.13. The van der Waals surface area contributed by atoms with Gasteiger partial charge < -0.3 is 20.1 Å². The van der Waals surface area contributed by atoms with Gasteiger partial charge in [-0.05, 0) is 70.6 Å². The van der Waals surface area contributed by atoms with Gasteiger partial charge in [0, 0.05) is 19.4 Å². The third kappa shape index (κ3) is 39.2. The Bertz CT molecular complexity index is 996. The number of nitrogens with one attached hydrogen (secondary N) is 1. The highest BCUT2D eigenvalue weighted by Crippen LogP contribution is 2.42. The molecule has 0 rings (SSSR count). The molecule has 0 aliphatic carbocycles. The minimum atomic E-state index is -4.42. The van der Waals surface area contributed by atoms with Crippen LogP contribution in [0.25, 0.3) is 0 Å². The zero-order valence-corrected chi connectivity index (χ0v) is 33.9. The van der Waals surface area contributed by atoms with Crippen molar-refractivity contribution in [1.82, 2.24) is 5.32 Å². The van der Waals surface area contributed by atoms with Crippen molar-refractivity contribution in [1.29, 1.82) is 0 Å². The number of carbonyl (C=O) groups is 2. The second kappa shape index (κ2) is 38.7. The minimum absolute atomic E-state index is 0.0737. The quantitative estimate of drug-likeness (QED) is 0.0246. The molecular formula is C42H76NO8P. The monoisotopic (exact) mass is 754 g/mol. The second-order valence-corrected chi connectivity index (χ2v) is 15.0. The molecule has 0 aliphatic heterocycles. The van der Waals surface area contributed by atoms with Crippen LogP contribution >= 0.6 is 7.82 Å². The number of rotatable bonds is 38. The van der Waals surface area contributed by atoms with Gasteiger partial charge >= 0.3 is 13.8 Å². The molecule has 0 aliphatic rings. The Morgan fingerprint density at radius 2 is 1.10 bits per heavy atom. The number of ether oxygens (including phenoxy) is 1. The van der Waals surface area contributed by atoms with Crippen LogP contribution in [-0.4, -0.2) is 54.3 Å². The summed E-state index contributed by atoms with van der Waals surface area (Å²) in [5.41, 5.74) is 0. The first kappa shape index (κ1) is 50.0. The third-order valence-electron chi connectivity index (χ3n) is 8.49. The van der Waals surface area contributed by atoms with Gasteiger partial charge in [0.2, 0.25) is 5.91 Å². The van der Waals surface area contributed by atoms with Crippen LogP contribution in [0.2, 0.25) is 0 Å². The van der Waals surface area contributed by atoms with Crippen LogP contribution in [-0.2, 0) is 27.9 Å². The number of amides is 1. The summed E-state index contributed by atoms with van der Waals surface area (Å²) in [5, 5.41) is 12.7. The van der Waals surface area contributed by atoms with E-state index in [9.17, 15) is 24.2 Å². The molecule has 0 aromatic carbocycles. The molecule has 0 spiro atoms. The van der Waals surface area contributed by atoms with E-state index >= 15 is 0 Å². The van der Waals surface area contributed by atoms with Gasteiger partial charge in [-0.3, -0.25) is 18.6 Å². The Balaban J connectivity index is 3.63. The lowest BCUT2D eigenvalue weighted by Gasteiger charge is -2.15. The number of aliphatic hydroxyl groups excluding tert-OH is 1. The predicted octanol–water partition coefficient (Wildman–Crippen LogP) is 11.2. The highest BCUT2D eigenvalue weighted by atomic mass is 31.2. The van der Waals surface area contributed by atoms with E-state index in [4.69, 9.17) is 13.8 Å². The molecule has 52 heavy (non-hydrogen) atoms. The van der Waals surface area contributed by atoms with Crippen LogP contribution in [0.5, 0.6) is 0 Å². The maximum absolute atomic E-state index is 12.1. The number of aliphatic hydroxyl groups is 1. The number of unbranched alkanes of at least 4 members (excludes halogenated alkanes) is 17. The Morgan fingerprint density at radius 1 is 0.615 bits per heavy atom. The molecule has 2 unspecified atom stereocenters. The van der Waals surface area contributed by atoms with Gasteiger partial charge in [0.25, 0.3) is 0 Å². The first-order valence-corrected chi connectivity index (χ1v) is 22.1. The standard InChI is InChI=1S/C42H76NO8P/c1-3-5-7-9-11-13-15-17-19-20-21-22-24-26-28-30-32-34-41(45)43-36-37-50-52(47,48)51-39-40(44)38-49-42(46)35-33-31-29-27-25-23-18-16-14-12-10-8-6-4-2/h5,7,11,13,16-19,40,44H,3-4,6,8-10,12,14-15,20-39H2,1-2H3,(H,43,45)(H,47,48)/b7-5-,13-11-,18-16-,19-17-. The molecule has 10 heteroatoms. The van der Waals surface area contributed by atoms with E-state index in [1.54, 1.807) is 0 Å². The molecular weight excluding hydrogens is 677 g/mol. The van der Waals surface area contributed by atoms with Crippen molar-refractivity contribution in [2.24, 2.45) is 0 Å². The topological polar surface area (TPSA) is 131 Å². The molecule has 2 atom stereocenters. The van der Waals surface area contributed by atoms with Crippen molar-refractivity contribution in [3.63, 3.8) is 0 Å². The van der Waals surface area contributed by atoms with E-state index in [2.05, 4.69) is 67.8 Å². The van der Waals surface area contributed by atoms with Gasteiger partial charge in [-0.25, -0.2) is 4.57 Å². The summed E-state index contributed by atoms with van der Waals surface area (Å²) in [5.74, 6) is -0.537. The van der Waals surface area contributed by atoms with Crippen molar-refractivity contribution < 1.29 is 37.9 Å². The molecule has 0 bridgehead atoms. The number of phosphoric acid groups is 1. The predicted molar refractivity (Wildman–Crippen MR) is 215 cm³/mol. The lowest BCUT2D eigenvalue weighted by molar-refractivity contribution is -0.147. The molecule has 0 fully saturated rings. The Morgan fingerprint density at radius 3 is 1.67 bits per heavy atom. The summed E-state index contributed by atoms with van der Waals surface area (Å²) in [6.07, 6.45) is 43.2. The van der Waals surface area contributed by atoms with E-state index < -0.39 is 26.5 Å². The van der Waals surface area contributed by atoms with Crippen molar-refractivity contribution in [3.8, 4) is 0 Å². The fraction of sp³-hybridized carbons (Fsp3) is 0.762. The van der Waals surface area contributed by atoms with Crippen LogP contribution in [0.15, 0.2) is 48.6 Å². The number of hydrogen-bond acceptors (Lipinski definition) is 7. The molecule has 9 nitrogen and oxygen atoms in total. The summed E-state index contributed by atoms with van der Waals surface area (Å²) in [7, 11) is -4.42. The van der Waals surface area contributed by atoms with Crippen molar-refractivity contribution >= 4 is 19.7 Å². The molecule has 0 aromatic rings. The van der Waals surface area contributed by atoms with E-state index in [1.807, 2.05) is 0 Å². The molecule has 1 amide bonds. The highest BCUT2D eigenvalue weighted by Gasteiger charge is 2.23. The fourth-order valence-electron chi connectivity index (χ4n) is 5.39. The SMILES string of the molecule is CC/C=C\C/C=C\C/C=C\CCCCCCCCCC(=O)NCCOP(=O)(O)OCC(O)COC(=O)CCCCCCC/C=C\CCCCCCC. The van der Waals surface area contributed by atoms with Crippen molar-refractivity contribution in [2.75, 3.05) is 26.4 Å². The highest BCUT2D eigenvalue weighted by molar-refractivity contribution is 7.47. The Hall–Kier alpha value is -2.03. The summed E-state index contributed by atoms with van der Waals surface area (Å²) in [4.78, 5) is 33.8. The first-order chi connectivity index (χ1) is 25.3. The number of phosphoric ester groups is 1. The largest absolute Gasteiger partial charge is 0.472 e. The third-order valence-corrected chi connectivity index (χ3v) is 9.48. The van der Waals surface area contributed by atoms with Crippen molar-refractivity contribution in [2.45, 2.75) is 180 Å². The number of esters is 1. The van der Waals surface area contributed by atoms with Gasteiger partial charge in [-0.2, -0.15) is 0 Å². The van der Waals surface area contributed by atoms with E-state index in [1.165, 1.54) is 64.2 Å². The summed E-state index contributed by atoms with van der Waals surface area (Å²) in [6, 6.07) is 0. The van der Waals surface area contributed by atoms with E-state index in [0.717, 1.165) is 83.5 Å². The van der Waals surface area contributed by atoms with Gasteiger partial charge in [0.05, 0.1) is 13.2 Å². The molecule has 0 aromatic heterocycles. The first-order valence-electron chi connectivity index (χ1n) is 20.6. The minimum Gasteiger partial charge on any atom is -0.463 e. The average molecular weight is 754 g/mol. The van der Waals surface area contributed by atoms with Crippen LogP contribution in [0.1, 0.15) is 174 Å². The van der Waals surface area contributed by atoms with Gasteiger partial charge in [-0.15, -0.1) is 0 Å². The van der Waals surface area contributed by atoms with Gasteiger partial charge in [-0.1, -0.05) is 140 Å². The van der Waals surface area contributed by atoms with Crippen LogP contribution in [0, 0.1) is 0 Å². The molecule has 0 radical (unpaired) electrons.